The van der Waals surface area contributed by atoms with E-state index in [1.54, 1.807) is 0 Å². The van der Waals surface area contributed by atoms with Crippen LogP contribution < -0.4 is 0 Å². The highest BCUT2D eigenvalue weighted by Gasteiger charge is 2.10. The third kappa shape index (κ3) is 0.828. The van der Waals surface area contributed by atoms with E-state index in [0.29, 0.717) is 0 Å². The zero-order chi connectivity index (χ0) is 9.54. The van der Waals surface area contributed by atoms with Gasteiger partial charge in [-0.15, -0.1) is 0 Å². The van der Waals surface area contributed by atoms with Crippen LogP contribution >= 0.6 is 0 Å². The van der Waals surface area contributed by atoms with Gasteiger partial charge in [-0.2, -0.15) is 0 Å². The quantitative estimate of drug-likeness (QED) is 0.529. The molecule has 0 bridgehead atoms. The van der Waals surface area contributed by atoms with Gasteiger partial charge in [0.2, 0.25) is 0 Å². The molecule has 0 atom stereocenters. The Kier molecular flexibility index (Phi) is 1.40. The van der Waals surface area contributed by atoms with Crippen LogP contribution in [0.25, 0.3) is 29.0 Å². The van der Waals surface area contributed by atoms with Gasteiger partial charge in [0.05, 0.1) is 0 Å². The second kappa shape index (κ2) is 2.58. The molecule has 0 aliphatic heterocycles. The topological polar surface area (TPSA) is 0 Å². The van der Waals surface area contributed by atoms with E-state index in [2.05, 4.69) is 49.1 Å². The van der Waals surface area contributed by atoms with Gasteiger partial charge in [-0.05, 0) is 27.5 Å². The summed E-state index contributed by atoms with van der Waals surface area (Å²) < 4.78 is 0. The standard InChI is InChI=1S/C14H10/c1-2-10-6-7-11-4-3-5-12-8-9-13(10)14(11)12/h2-9H,1H2. The largest absolute Gasteiger partial charge is 0.0984 e. The van der Waals surface area contributed by atoms with Crippen LogP contribution in [0.5, 0.6) is 0 Å². The third-order valence-electron chi connectivity index (χ3n) is 2.80. The van der Waals surface area contributed by atoms with E-state index in [9.17, 15) is 0 Å². The fourth-order valence-corrected chi connectivity index (χ4v) is 2.12. The van der Waals surface area contributed by atoms with E-state index >= 15 is 0 Å². The van der Waals surface area contributed by atoms with Crippen molar-refractivity contribution in [2.75, 3.05) is 0 Å². The Balaban J connectivity index is 2.56. The minimum atomic E-state index is 1.22. The fourth-order valence-electron chi connectivity index (χ4n) is 2.12. The lowest BCUT2D eigenvalue weighted by molar-refractivity contribution is 1.68. The molecule has 0 saturated carbocycles. The minimum Gasteiger partial charge on any atom is -0.0984 e. The maximum atomic E-state index is 3.84. The SMILES string of the molecule is C=Cc1ccc2cccc3c2c1C=C3. The number of hydrogen-bond acceptors (Lipinski definition) is 0. The van der Waals surface area contributed by atoms with Crippen LogP contribution in [0.2, 0.25) is 0 Å². The molecule has 0 saturated heterocycles. The van der Waals surface area contributed by atoms with Crippen LogP contribution in [-0.2, 0) is 0 Å². The zero-order valence-electron chi connectivity index (χ0n) is 7.83. The first kappa shape index (κ1) is 7.57. The molecule has 14 heavy (non-hydrogen) atoms. The van der Waals surface area contributed by atoms with Gasteiger partial charge in [0.25, 0.3) is 0 Å². The van der Waals surface area contributed by atoms with Gasteiger partial charge < -0.3 is 0 Å². The molecular formula is C14H10. The lowest BCUT2D eigenvalue weighted by atomic mass is 10.00. The fraction of sp³-hybridized carbons (Fsp3) is 0. The molecule has 0 unspecified atom stereocenters. The molecule has 0 fully saturated rings. The molecule has 66 valence electrons. The molecule has 0 radical (unpaired) electrons. The molecule has 0 heteroatoms. The normalized spacial score (nSPS) is 12.3. The van der Waals surface area contributed by atoms with Crippen LogP contribution in [0.15, 0.2) is 36.9 Å². The van der Waals surface area contributed by atoms with Crippen molar-refractivity contribution in [1.29, 1.82) is 0 Å². The number of benzene rings is 2. The molecule has 2 aromatic carbocycles. The summed E-state index contributed by atoms with van der Waals surface area (Å²) in [5.74, 6) is 0. The molecular weight excluding hydrogens is 168 g/mol. The van der Waals surface area contributed by atoms with Crippen molar-refractivity contribution < 1.29 is 0 Å². The predicted molar refractivity (Wildman–Crippen MR) is 63.0 cm³/mol. The molecule has 0 amide bonds. The number of rotatable bonds is 1. The first-order chi connectivity index (χ1) is 6.90. The molecule has 0 aromatic heterocycles. The molecule has 2 aromatic rings. The van der Waals surface area contributed by atoms with E-state index in [-0.39, 0.29) is 0 Å². The molecule has 0 spiro atoms. The average Bonchev–Trinajstić information content (AvgIpc) is 2.66. The van der Waals surface area contributed by atoms with Gasteiger partial charge in [0, 0.05) is 0 Å². The zero-order valence-corrected chi connectivity index (χ0v) is 7.83. The van der Waals surface area contributed by atoms with Crippen molar-refractivity contribution in [3.8, 4) is 0 Å². The van der Waals surface area contributed by atoms with E-state index in [1.807, 2.05) is 6.08 Å². The first-order valence-electron chi connectivity index (χ1n) is 4.76. The maximum Gasteiger partial charge on any atom is -0.00328 e. The Hall–Kier alpha value is -1.82. The molecule has 3 rings (SSSR count). The molecule has 1 aliphatic rings. The van der Waals surface area contributed by atoms with Crippen LogP contribution in [0.4, 0.5) is 0 Å². The van der Waals surface area contributed by atoms with Crippen molar-refractivity contribution in [2.45, 2.75) is 0 Å². The minimum absolute atomic E-state index is 1.22. The third-order valence-corrected chi connectivity index (χ3v) is 2.80. The second-order valence-corrected chi connectivity index (χ2v) is 3.55. The summed E-state index contributed by atoms with van der Waals surface area (Å²) in [5.41, 5.74) is 3.85. The van der Waals surface area contributed by atoms with E-state index in [1.165, 1.54) is 27.5 Å². The van der Waals surface area contributed by atoms with Crippen molar-refractivity contribution in [3.63, 3.8) is 0 Å². The maximum absolute atomic E-state index is 3.84. The van der Waals surface area contributed by atoms with Gasteiger partial charge in [-0.1, -0.05) is 55.1 Å². The summed E-state index contributed by atoms with van der Waals surface area (Å²) in [5, 5.41) is 2.68. The van der Waals surface area contributed by atoms with Gasteiger partial charge in [-0.25, -0.2) is 0 Å². The highest BCUT2D eigenvalue weighted by Crippen LogP contribution is 2.33. The van der Waals surface area contributed by atoms with Crippen LogP contribution in [0.3, 0.4) is 0 Å². The summed E-state index contributed by atoms with van der Waals surface area (Å²) in [6.45, 7) is 3.84. The lowest BCUT2D eigenvalue weighted by Crippen LogP contribution is -1.82. The molecule has 0 nitrogen and oxygen atoms in total. The summed E-state index contributed by atoms with van der Waals surface area (Å²) in [6, 6.07) is 10.7. The van der Waals surface area contributed by atoms with Gasteiger partial charge in [0.1, 0.15) is 0 Å². The average molecular weight is 178 g/mol. The lowest BCUT2D eigenvalue weighted by Gasteiger charge is -2.04. The van der Waals surface area contributed by atoms with Gasteiger partial charge in [-0.3, -0.25) is 0 Å². The summed E-state index contributed by atoms with van der Waals surface area (Å²) >= 11 is 0. The predicted octanol–water partition coefficient (Wildman–Crippen LogP) is 3.97. The first-order valence-corrected chi connectivity index (χ1v) is 4.76. The van der Waals surface area contributed by atoms with Crippen molar-refractivity contribution >= 4 is 29.0 Å². The number of hydrogen-bond donors (Lipinski definition) is 0. The van der Waals surface area contributed by atoms with Crippen molar-refractivity contribution in [3.05, 3.63) is 53.6 Å². The Labute approximate surface area is 83.2 Å². The Morgan fingerprint density at radius 2 is 1.93 bits per heavy atom. The van der Waals surface area contributed by atoms with Gasteiger partial charge in [0.15, 0.2) is 0 Å². The van der Waals surface area contributed by atoms with Crippen molar-refractivity contribution in [1.82, 2.24) is 0 Å². The molecule has 1 aliphatic carbocycles. The second-order valence-electron chi connectivity index (χ2n) is 3.55. The van der Waals surface area contributed by atoms with Crippen LogP contribution in [0, 0.1) is 0 Å². The van der Waals surface area contributed by atoms with E-state index < -0.39 is 0 Å². The Bertz CT molecular complexity index is 560. The van der Waals surface area contributed by atoms with E-state index in [4.69, 9.17) is 0 Å². The smallest absolute Gasteiger partial charge is 0.00328 e. The molecule has 0 N–H and O–H groups in total. The van der Waals surface area contributed by atoms with Crippen LogP contribution in [0.1, 0.15) is 16.7 Å². The molecule has 0 heterocycles. The Morgan fingerprint density at radius 3 is 2.79 bits per heavy atom. The highest BCUT2D eigenvalue weighted by molar-refractivity contribution is 6.06. The van der Waals surface area contributed by atoms with Gasteiger partial charge >= 0.3 is 0 Å². The monoisotopic (exact) mass is 178 g/mol. The van der Waals surface area contributed by atoms with Crippen molar-refractivity contribution in [2.24, 2.45) is 0 Å². The van der Waals surface area contributed by atoms with E-state index in [0.717, 1.165) is 0 Å². The summed E-state index contributed by atoms with van der Waals surface area (Å²) in [6.07, 6.45) is 6.26. The summed E-state index contributed by atoms with van der Waals surface area (Å²) in [4.78, 5) is 0. The highest BCUT2D eigenvalue weighted by atomic mass is 14.1. The Morgan fingerprint density at radius 1 is 1.00 bits per heavy atom. The van der Waals surface area contributed by atoms with Crippen LogP contribution in [-0.4, -0.2) is 0 Å². The summed E-state index contributed by atoms with van der Waals surface area (Å²) in [7, 11) is 0.